The maximum Gasteiger partial charge on any atom is 0.168 e. The summed E-state index contributed by atoms with van der Waals surface area (Å²) in [7, 11) is 0. The summed E-state index contributed by atoms with van der Waals surface area (Å²) in [6.07, 6.45) is 4.74. The number of likely N-dealkylation sites (tertiary alicyclic amines) is 1. The van der Waals surface area contributed by atoms with Gasteiger partial charge < -0.3 is 9.80 Å². The maximum atomic E-state index is 14.2. The van der Waals surface area contributed by atoms with E-state index in [4.69, 9.17) is 0 Å². The first kappa shape index (κ1) is 18.2. The van der Waals surface area contributed by atoms with Crippen molar-refractivity contribution in [2.24, 2.45) is 0 Å². The van der Waals surface area contributed by atoms with Crippen LogP contribution in [0.15, 0.2) is 18.2 Å². The van der Waals surface area contributed by atoms with Crippen molar-refractivity contribution in [3.63, 3.8) is 0 Å². The molecule has 4 rings (SSSR count). The van der Waals surface area contributed by atoms with Gasteiger partial charge in [-0.3, -0.25) is 0 Å². The topological polar surface area (TPSA) is 32.3 Å². The number of nitrogens with zero attached hydrogens (tertiary/aromatic N) is 4. The Hall–Kier alpha value is -2.15. The monoisotopic (exact) mass is 376 g/mol. The summed E-state index contributed by atoms with van der Waals surface area (Å²) in [6, 6.07) is 4.72. The quantitative estimate of drug-likeness (QED) is 0.757. The molecule has 2 aliphatic heterocycles. The lowest BCUT2D eigenvalue weighted by Crippen LogP contribution is -2.39. The normalized spacial score (nSPS) is 20.6. The Morgan fingerprint density at radius 3 is 2.48 bits per heavy atom. The van der Waals surface area contributed by atoms with Crippen LogP contribution in [0, 0.1) is 24.4 Å². The van der Waals surface area contributed by atoms with Crippen LogP contribution >= 0.6 is 0 Å². The first-order valence-corrected chi connectivity index (χ1v) is 9.52. The van der Waals surface area contributed by atoms with Crippen molar-refractivity contribution in [2.75, 3.05) is 31.1 Å². The Labute approximate surface area is 157 Å². The van der Waals surface area contributed by atoms with Crippen LogP contribution in [0.25, 0.3) is 11.3 Å². The van der Waals surface area contributed by atoms with E-state index >= 15 is 0 Å². The van der Waals surface area contributed by atoms with Gasteiger partial charge in [0.1, 0.15) is 5.82 Å². The molecule has 3 heterocycles. The van der Waals surface area contributed by atoms with E-state index in [1.54, 1.807) is 12.1 Å². The second-order valence-electron chi connectivity index (χ2n) is 7.43. The standard InChI is InChI=1S/C20H23F3N4/c1-13-16(21)11-15(20(23)19(13)22)17-6-7-18(25-24-17)27-10-4-5-14(27)12-26-8-2-3-9-26/h6-7,11,14H,2-5,8-10,12H2,1H3. The van der Waals surface area contributed by atoms with E-state index in [0.29, 0.717) is 6.04 Å². The van der Waals surface area contributed by atoms with Crippen molar-refractivity contribution in [1.29, 1.82) is 0 Å². The molecule has 0 bridgehead atoms. The van der Waals surface area contributed by atoms with E-state index in [0.717, 1.165) is 50.9 Å². The zero-order valence-corrected chi connectivity index (χ0v) is 15.4. The van der Waals surface area contributed by atoms with Gasteiger partial charge in [0.2, 0.25) is 0 Å². The number of anilines is 1. The van der Waals surface area contributed by atoms with Crippen LogP contribution in [0.4, 0.5) is 19.0 Å². The number of hydrogen-bond acceptors (Lipinski definition) is 4. The Morgan fingerprint density at radius 2 is 1.78 bits per heavy atom. The molecule has 0 spiro atoms. The molecule has 0 amide bonds. The summed E-state index contributed by atoms with van der Waals surface area (Å²) in [5.74, 6) is -2.33. The molecule has 4 nitrogen and oxygen atoms in total. The van der Waals surface area contributed by atoms with Crippen molar-refractivity contribution >= 4 is 5.82 Å². The number of aromatic nitrogens is 2. The molecule has 1 aromatic carbocycles. The van der Waals surface area contributed by atoms with Gasteiger partial charge in [-0.1, -0.05) is 0 Å². The van der Waals surface area contributed by atoms with E-state index in [1.807, 2.05) is 0 Å². The van der Waals surface area contributed by atoms with E-state index in [-0.39, 0.29) is 16.8 Å². The Balaban J connectivity index is 1.55. The highest BCUT2D eigenvalue weighted by Crippen LogP contribution is 2.29. The molecular weight excluding hydrogens is 353 g/mol. The summed E-state index contributed by atoms with van der Waals surface area (Å²) in [6.45, 7) is 5.44. The average molecular weight is 376 g/mol. The molecule has 0 radical (unpaired) electrons. The van der Waals surface area contributed by atoms with Crippen LogP contribution < -0.4 is 4.90 Å². The fourth-order valence-electron chi connectivity index (χ4n) is 4.08. The minimum absolute atomic E-state index is 0.129. The lowest BCUT2D eigenvalue weighted by atomic mass is 10.1. The predicted molar refractivity (Wildman–Crippen MR) is 98.1 cm³/mol. The van der Waals surface area contributed by atoms with E-state index < -0.39 is 17.5 Å². The molecule has 2 aliphatic rings. The molecule has 7 heteroatoms. The van der Waals surface area contributed by atoms with Crippen LogP contribution in [-0.4, -0.2) is 47.3 Å². The van der Waals surface area contributed by atoms with Crippen molar-refractivity contribution in [2.45, 2.75) is 38.6 Å². The van der Waals surface area contributed by atoms with Crippen molar-refractivity contribution in [3.05, 3.63) is 41.2 Å². The highest BCUT2D eigenvalue weighted by Gasteiger charge is 2.29. The first-order chi connectivity index (χ1) is 13.0. The number of halogens is 3. The van der Waals surface area contributed by atoms with Crippen LogP contribution in [0.2, 0.25) is 0 Å². The lowest BCUT2D eigenvalue weighted by molar-refractivity contribution is 0.313. The number of hydrogen-bond donors (Lipinski definition) is 0. The zero-order chi connectivity index (χ0) is 19.0. The molecular formula is C20H23F3N4. The molecule has 0 saturated carbocycles. The van der Waals surface area contributed by atoms with E-state index in [9.17, 15) is 13.2 Å². The summed E-state index contributed by atoms with van der Waals surface area (Å²) >= 11 is 0. The second-order valence-corrected chi connectivity index (χ2v) is 7.43. The third-order valence-electron chi connectivity index (χ3n) is 5.65. The van der Waals surface area contributed by atoms with Gasteiger partial charge in [-0.2, -0.15) is 0 Å². The van der Waals surface area contributed by atoms with Crippen LogP contribution in [0.5, 0.6) is 0 Å². The van der Waals surface area contributed by atoms with Gasteiger partial charge in [-0.25, -0.2) is 13.2 Å². The van der Waals surface area contributed by atoms with Gasteiger partial charge in [0, 0.05) is 30.3 Å². The maximum absolute atomic E-state index is 14.2. The summed E-state index contributed by atoms with van der Waals surface area (Å²) in [5.41, 5.74) is -0.406. The molecule has 1 unspecified atom stereocenters. The largest absolute Gasteiger partial charge is 0.351 e. The minimum Gasteiger partial charge on any atom is -0.351 e. The fourth-order valence-corrected chi connectivity index (χ4v) is 4.08. The fraction of sp³-hybridized carbons (Fsp3) is 0.500. The molecule has 2 fully saturated rings. The predicted octanol–water partition coefficient (Wildman–Crippen LogP) is 3.93. The van der Waals surface area contributed by atoms with Gasteiger partial charge in [0.15, 0.2) is 17.5 Å². The van der Waals surface area contributed by atoms with E-state index in [2.05, 4.69) is 20.0 Å². The van der Waals surface area contributed by atoms with Crippen LogP contribution in [-0.2, 0) is 0 Å². The van der Waals surface area contributed by atoms with Gasteiger partial charge >= 0.3 is 0 Å². The molecule has 0 N–H and O–H groups in total. The SMILES string of the molecule is Cc1c(F)cc(-c2ccc(N3CCCC3CN3CCCC3)nn2)c(F)c1F. The Kier molecular flexibility index (Phi) is 5.04. The van der Waals surface area contributed by atoms with Gasteiger partial charge in [-0.05, 0) is 63.9 Å². The highest BCUT2D eigenvalue weighted by atomic mass is 19.2. The average Bonchev–Trinajstić information content (AvgIpc) is 3.36. The first-order valence-electron chi connectivity index (χ1n) is 9.52. The molecule has 2 saturated heterocycles. The lowest BCUT2D eigenvalue weighted by Gasteiger charge is -2.29. The second kappa shape index (κ2) is 7.46. The number of rotatable bonds is 4. The van der Waals surface area contributed by atoms with E-state index in [1.165, 1.54) is 19.8 Å². The molecule has 2 aromatic rings. The van der Waals surface area contributed by atoms with Crippen LogP contribution in [0.3, 0.4) is 0 Å². The Bertz CT molecular complexity index is 819. The molecule has 0 aliphatic carbocycles. The smallest absolute Gasteiger partial charge is 0.168 e. The summed E-state index contributed by atoms with van der Waals surface area (Å²) < 4.78 is 41.8. The highest BCUT2D eigenvalue weighted by molar-refractivity contribution is 5.61. The van der Waals surface area contributed by atoms with Crippen LogP contribution in [0.1, 0.15) is 31.2 Å². The third-order valence-corrected chi connectivity index (χ3v) is 5.65. The summed E-state index contributed by atoms with van der Waals surface area (Å²) in [4.78, 5) is 4.72. The van der Waals surface area contributed by atoms with Gasteiger partial charge in [0.25, 0.3) is 0 Å². The van der Waals surface area contributed by atoms with Crippen molar-refractivity contribution in [1.82, 2.24) is 15.1 Å². The molecule has 144 valence electrons. The van der Waals surface area contributed by atoms with Gasteiger partial charge in [0.05, 0.1) is 5.69 Å². The third kappa shape index (κ3) is 3.52. The molecule has 27 heavy (non-hydrogen) atoms. The van der Waals surface area contributed by atoms with Crippen molar-refractivity contribution in [3.8, 4) is 11.3 Å². The minimum atomic E-state index is -1.18. The Morgan fingerprint density at radius 1 is 1.00 bits per heavy atom. The summed E-state index contributed by atoms with van der Waals surface area (Å²) in [5, 5.41) is 8.28. The zero-order valence-electron chi connectivity index (χ0n) is 15.4. The number of benzene rings is 1. The van der Waals surface area contributed by atoms with Crippen molar-refractivity contribution < 1.29 is 13.2 Å². The van der Waals surface area contributed by atoms with Gasteiger partial charge in [-0.15, -0.1) is 10.2 Å². The molecule has 1 atom stereocenters. The molecule has 1 aromatic heterocycles.